The van der Waals surface area contributed by atoms with E-state index < -0.39 is 0 Å². The molecular weight excluding hydrogens is 201 g/mol. The first-order valence-electron chi connectivity index (χ1n) is 6.01. The first-order valence-corrected chi connectivity index (χ1v) is 6.01. The molecular formula is C14H22FN. The zero-order valence-corrected chi connectivity index (χ0v) is 10.8. The molecule has 0 fully saturated rings. The van der Waals surface area contributed by atoms with Crippen LogP contribution >= 0.6 is 0 Å². The fourth-order valence-corrected chi connectivity index (χ4v) is 2.18. The van der Waals surface area contributed by atoms with Crippen molar-refractivity contribution in [3.05, 3.63) is 35.1 Å². The highest BCUT2D eigenvalue weighted by Gasteiger charge is 2.13. The molecule has 2 heteroatoms. The van der Waals surface area contributed by atoms with Gasteiger partial charge in [-0.1, -0.05) is 19.9 Å². The summed E-state index contributed by atoms with van der Waals surface area (Å²) >= 11 is 0. The second-order valence-electron chi connectivity index (χ2n) is 4.59. The molecule has 0 aromatic heterocycles. The molecule has 0 N–H and O–H groups in total. The maximum absolute atomic E-state index is 13.3. The van der Waals surface area contributed by atoms with Crippen LogP contribution in [0.5, 0.6) is 0 Å². The zero-order chi connectivity index (χ0) is 12.1. The molecule has 1 nitrogen and oxygen atoms in total. The lowest BCUT2D eigenvalue weighted by Gasteiger charge is -2.20. The summed E-state index contributed by atoms with van der Waals surface area (Å²) in [5.74, 6) is 0.419. The van der Waals surface area contributed by atoms with E-state index in [1.807, 2.05) is 20.2 Å². The van der Waals surface area contributed by atoms with E-state index in [1.54, 1.807) is 12.1 Å². The largest absolute Gasteiger partial charge is 0.305 e. The third-order valence-corrected chi connectivity index (χ3v) is 3.02. The van der Waals surface area contributed by atoms with Crippen molar-refractivity contribution in [1.82, 2.24) is 4.90 Å². The molecule has 90 valence electrons. The van der Waals surface area contributed by atoms with Crippen LogP contribution in [0, 0.1) is 5.82 Å². The van der Waals surface area contributed by atoms with Crippen molar-refractivity contribution in [2.24, 2.45) is 0 Å². The molecule has 0 unspecified atom stereocenters. The van der Waals surface area contributed by atoms with Crippen molar-refractivity contribution in [1.29, 1.82) is 0 Å². The molecule has 0 saturated carbocycles. The van der Waals surface area contributed by atoms with Crippen LogP contribution in [0.1, 0.15) is 43.7 Å². The highest BCUT2D eigenvalue weighted by Crippen LogP contribution is 2.27. The molecule has 0 aliphatic rings. The molecule has 0 spiro atoms. The molecule has 1 rings (SSSR count). The third-order valence-electron chi connectivity index (χ3n) is 3.02. The van der Waals surface area contributed by atoms with Crippen molar-refractivity contribution >= 4 is 0 Å². The van der Waals surface area contributed by atoms with Crippen LogP contribution in [0.3, 0.4) is 0 Å². The quantitative estimate of drug-likeness (QED) is 0.734. The monoisotopic (exact) mass is 223 g/mol. The molecule has 0 atom stereocenters. The summed E-state index contributed by atoms with van der Waals surface area (Å²) in [6, 6.07) is 5.20. The van der Waals surface area contributed by atoms with Gasteiger partial charge in [-0.15, -0.1) is 0 Å². The second kappa shape index (κ2) is 6.00. The van der Waals surface area contributed by atoms with Gasteiger partial charge in [-0.3, -0.25) is 0 Å². The predicted octanol–water partition coefficient (Wildman–Crippen LogP) is 3.79. The van der Waals surface area contributed by atoms with Crippen molar-refractivity contribution in [3.63, 3.8) is 0 Å². The highest BCUT2D eigenvalue weighted by molar-refractivity contribution is 5.31. The maximum atomic E-state index is 13.3. The van der Waals surface area contributed by atoms with Gasteiger partial charge in [0.15, 0.2) is 0 Å². The predicted molar refractivity (Wildman–Crippen MR) is 67.1 cm³/mol. The van der Waals surface area contributed by atoms with E-state index in [9.17, 15) is 4.39 Å². The molecule has 0 radical (unpaired) electrons. The van der Waals surface area contributed by atoms with Gasteiger partial charge in [-0.2, -0.15) is 0 Å². The molecule has 1 aromatic carbocycles. The molecule has 0 bridgehead atoms. The third kappa shape index (κ3) is 3.31. The number of nitrogens with zero attached hydrogens (tertiary/aromatic N) is 1. The summed E-state index contributed by atoms with van der Waals surface area (Å²) in [7, 11) is 4.03. The lowest BCUT2D eigenvalue weighted by atomic mass is 9.90. The van der Waals surface area contributed by atoms with E-state index >= 15 is 0 Å². The Labute approximate surface area is 98.3 Å². The van der Waals surface area contributed by atoms with Crippen LogP contribution in [0.25, 0.3) is 0 Å². The Balaban J connectivity index is 3.05. The van der Waals surface area contributed by atoms with Gasteiger partial charge in [0.1, 0.15) is 5.82 Å². The number of benzene rings is 1. The first kappa shape index (κ1) is 13.2. The SMILES string of the molecule is CCC(CC)c1ccc(F)cc1CN(C)C. The molecule has 0 amide bonds. The number of hydrogen-bond acceptors (Lipinski definition) is 1. The van der Waals surface area contributed by atoms with Crippen molar-refractivity contribution in [2.45, 2.75) is 39.2 Å². The Kier molecular flexibility index (Phi) is 4.94. The van der Waals surface area contributed by atoms with E-state index in [-0.39, 0.29) is 5.82 Å². The molecule has 1 aromatic rings. The molecule has 16 heavy (non-hydrogen) atoms. The van der Waals surface area contributed by atoms with E-state index in [4.69, 9.17) is 0 Å². The average Bonchev–Trinajstić information content (AvgIpc) is 2.21. The Morgan fingerprint density at radius 3 is 2.31 bits per heavy atom. The fraction of sp³-hybridized carbons (Fsp3) is 0.571. The van der Waals surface area contributed by atoms with Crippen LogP contribution in [0.15, 0.2) is 18.2 Å². The number of hydrogen-bond donors (Lipinski definition) is 0. The van der Waals surface area contributed by atoms with Gasteiger partial charge in [-0.05, 0) is 56.1 Å². The Hall–Kier alpha value is -0.890. The van der Waals surface area contributed by atoms with Crippen LogP contribution in [-0.4, -0.2) is 19.0 Å². The van der Waals surface area contributed by atoms with E-state index in [1.165, 1.54) is 5.56 Å². The van der Waals surface area contributed by atoms with Gasteiger partial charge >= 0.3 is 0 Å². The Bertz CT molecular complexity index is 330. The molecule has 0 heterocycles. The fourth-order valence-electron chi connectivity index (χ4n) is 2.18. The summed E-state index contributed by atoms with van der Waals surface area (Å²) in [6.07, 6.45) is 2.23. The van der Waals surface area contributed by atoms with E-state index in [2.05, 4.69) is 18.7 Å². The smallest absolute Gasteiger partial charge is 0.123 e. The molecule has 0 saturated heterocycles. The topological polar surface area (TPSA) is 3.24 Å². The minimum Gasteiger partial charge on any atom is -0.305 e. The molecule has 0 aliphatic carbocycles. The summed E-state index contributed by atoms with van der Waals surface area (Å²) in [5.41, 5.74) is 2.43. The second-order valence-corrected chi connectivity index (χ2v) is 4.59. The first-order chi connectivity index (χ1) is 7.58. The standard InChI is InChI=1S/C14H22FN/c1-5-11(6-2)14-8-7-13(15)9-12(14)10-16(3)4/h7-9,11H,5-6,10H2,1-4H3. The molecule has 0 aliphatic heterocycles. The van der Waals surface area contributed by atoms with E-state index in [0.29, 0.717) is 5.92 Å². The summed E-state index contributed by atoms with van der Waals surface area (Å²) < 4.78 is 13.3. The van der Waals surface area contributed by atoms with Crippen molar-refractivity contribution in [2.75, 3.05) is 14.1 Å². The van der Waals surface area contributed by atoms with Crippen LogP contribution in [0.2, 0.25) is 0 Å². The summed E-state index contributed by atoms with van der Waals surface area (Å²) in [4.78, 5) is 2.08. The van der Waals surface area contributed by atoms with Gasteiger partial charge < -0.3 is 4.90 Å². The van der Waals surface area contributed by atoms with Crippen LogP contribution in [0.4, 0.5) is 4.39 Å². The van der Waals surface area contributed by atoms with Crippen molar-refractivity contribution < 1.29 is 4.39 Å². The highest BCUT2D eigenvalue weighted by atomic mass is 19.1. The van der Waals surface area contributed by atoms with Gasteiger partial charge in [0.2, 0.25) is 0 Å². The van der Waals surface area contributed by atoms with Crippen LogP contribution < -0.4 is 0 Å². The summed E-state index contributed by atoms with van der Waals surface area (Å²) in [6.45, 7) is 5.19. The van der Waals surface area contributed by atoms with Crippen LogP contribution in [-0.2, 0) is 6.54 Å². The van der Waals surface area contributed by atoms with Gasteiger partial charge in [0.25, 0.3) is 0 Å². The van der Waals surface area contributed by atoms with Gasteiger partial charge in [-0.25, -0.2) is 4.39 Å². The van der Waals surface area contributed by atoms with E-state index in [0.717, 1.165) is 24.9 Å². The van der Waals surface area contributed by atoms with Crippen molar-refractivity contribution in [3.8, 4) is 0 Å². The maximum Gasteiger partial charge on any atom is 0.123 e. The van der Waals surface area contributed by atoms with Gasteiger partial charge in [0.05, 0.1) is 0 Å². The number of rotatable bonds is 5. The Morgan fingerprint density at radius 2 is 1.81 bits per heavy atom. The minimum atomic E-state index is -0.133. The zero-order valence-electron chi connectivity index (χ0n) is 10.8. The lowest BCUT2D eigenvalue weighted by Crippen LogP contribution is -2.14. The lowest BCUT2D eigenvalue weighted by molar-refractivity contribution is 0.397. The number of halogens is 1. The normalized spacial score (nSPS) is 11.4. The average molecular weight is 223 g/mol. The van der Waals surface area contributed by atoms with Gasteiger partial charge in [0, 0.05) is 6.54 Å². The Morgan fingerprint density at radius 1 is 1.19 bits per heavy atom. The summed E-state index contributed by atoms with van der Waals surface area (Å²) in [5, 5.41) is 0. The minimum absolute atomic E-state index is 0.133.